The van der Waals surface area contributed by atoms with E-state index in [0.717, 1.165) is 5.56 Å². The quantitative estimate of drug-likeness (QED) is 0.809. The van der Waals surface area contributed by atoms with Crippen molar-refractivity contribution < 1.29 is 14.6 Å². The molecule has 0 atom stereocenters. The molecule has 1 rings (SSSR count). The highest BCUT2D eigenvalue weighted by Gasteiger charge is 2.10. The minimum absolute atomic E-state index is 0.0353. The molecule has 0 bridgehead atoms. The molecule has 0 aliphatic heterocycles. The number of carbonyl (C=O) groups is 1. The zero-order valence-corrected chi connectivity index (χ0v) is 11.3. The SMILES string of the molecule is COCCN(C)C(=O)c1ccc(C#CCCO)cc1. The molecule has 0 heterocycles. The standard InChI is InChI=1S/C15H19NO3/c1-16(10-12-19-2)15(18)14-8-6-13(7-9-14)5-3-4-11-17/h6-9,17H,4,10-12H2,1-2H3. The maximum absolute atomic E-state index is 12.0. The summed E-state index contributed by atoms with van der Waals surface area (Å²) in [7, 11) is 3.36. The zero-order chi connectivity index (χ0) is 14.1. The fraction of sp³-hybridized carbons (Fsp3) is 0.400. The van der Waals surface area contributed by atoms with Gasteiger partial charge in [-0.1, -0.05) is 11.8 Å². The van der Waals surface area contributed by atoms with Gasteiger partial charge in [0.2, 0.25) is 0 Å². The van der Waals surface area contributed by atoms with Crippen LogP contribution in [0.5, 0.6) is 0 Å². The topological polar surface area (TPSA) is 49.8 Å². The largest absolute Gasteiger partial charge is 0.395 e. The Morgan fingerprint density at radius 2 is 2.05 bits per heavy atom. The number of hydrogen-bond acceptors (Lipinski definition) is 3. The second-order valence-corrected chi connectivity index (χ2v) is 4.07. The zero-order valence-electron chi connectivity index (χ0n) is 11.3. The lowest BCUT2D eigenvalue weighted by atomic mass is 10.1. The lowest BCUT2D eigenvalue weighted by molar-refractivity contribution is 0.0744. The number of aliphatic hydroxyl groups is 1. The molecule has 4 heteroatoms. The van der Waals surface area contributed by atoms with Crippen LogP contribution in [0.4, 0.5) is 0 Å². The van der Waals surface area contributed by atoms with E-state index >= 15 is 0 Å². The Balaban J connectivity index is 2.65. The molecule has 19 heavy (non-hydrogen) atoms. The van der Waals surface area contributed by atoms with Crippen molar-refractivity contribution in [2.24, 2.45) is 0 Å². The predicted octanol–water partition coefficient (Wildman–Crippen LogP) is 1.14. The van der Waals surface area contributed by atoms with Crippen molar-refractivity contribution in [2.45, 2.75) is 6.42 Å². The number of benzene rings is 1. The number of rotatable bonds is 5. The van der Waals surface area contributed by atoms with E-state index in [1.807, 2.05) is 12.1 Å². The van der Waals surface area contributed by atoms with Crippen LogP contribution in [0.2, 0.25) is 0 Å². The van der Waals surface area contributed by atoms with E-state index in [1.54, 1.807) is 31.2 Å². The summed E-state index contributed by atoms with van der Waals surface area (Å²) in [5.74, 6) is 5.72. The van der Waals surface area contributed by atoms with Gasteiger partial charge >= 0.3 is 0 Å². The highest BCUT2D eigenvalue weighted by atomic mass is 16.5. The van der Waals surface area contributed by atoms with Gasteiger partial charge in [-0.2, -0.15) is 0 Å². The van der Waals surface area contributed by atoms with Crippen LogP contribution in [0, 0.1) is 11.8 Å². The lowest BCUT2D eigenvalue weighted by Crippen LogP contribution is -2.29. The van der Waals surface area contributed by atoms with Gasteiger partial charge < -0.3 is 14.7 Å². The smallest absolute Gasteiger partial charge is 0.253 e. The molecule has 1 aromatic rings. The van der Waals surface area contributed by atoms with Crippen LogP contribution in [-0.4, -0.2) is 49.8 Å². The Kier molecular flexibility index (Phi) is 6.65. The van der Waals surface area contributed by atoms with Gasteiger partial charge in [0, 0.05) is 38.2 Å². The molecule has 1 amide bonds. The van der Waals surface area contributed by atoms with Gasteiger partial charge in [-0.25, -0.2) is 0 Å². The Labute approximate surface area is 114 Å². The van der Waals surface area contributed by atoms with E-state index in [0.29, 0.717) is 25.1 Å². The Morgan fingerprint density at radius 3 is 2.63 bits per heavy atom. The number of likely N-dealkylation sites (N-methyl/N-ethyl adjacent to an activating group) is 1. The molecule has 0 radical (unpaired) electrons. The van der Waals surface area contributed by atoms with Gasteiger partial charge in [-0.3, -0.25) is 4.79 Å². The van der Waals surface area contributed by atoms with Crippen LogP contribution in [0.15, 0.2) is 24.3 Å². The van der Waals surface area contributed by atoms with E-state index in [2.05, 4.69) is 11.8 Å². The molecule has 0 spiro atoms. The molecule has 0 aliphatic rings. The first-order valence-electron chi connectivity index (χ1n) is 6.13. The van der Waals surface area contributed by atoms with Gasteiger partial charge in [-0.15, -0.1) is 0 Å². The molecule has 0 saturated carbocycles. The third-order valence-electron chi connectivity index (χ3n) is 2.58. The summed E-state index contributed by atoms with van der Waals surface area (Å²) in [5, 5.41) is 8.63. The molecule has 0 aromatic heterocycles. The fourth-order valence-electron chi connectivity index (χ4n) is 1.47. The predicted molar refractivity (Wildman–Crippen MR) is 73.9 cm³/mol. The summed E-state index contributed by atoms with van der Waals surface area (Å²) in [6.07, 6.45) is 0.459. The maximum Gasteiger partial charge on any atom is 0.253 e. The first-order chi connectivity index (χ1) is 9.19. The summed E-state index contributed by atoms with van der Waals surface area (Å²) >= 11 is 0. The van der Waals surface area contributed by atoms with Gasteiger partial charge in [0.05, 0.1) is 13.2 Å². The number of methoxy groups -OCH3 is 1. The van der Waals surface area contributed by atoms with Crippen molar-refractivity contribution in [3.63, 3.8) is 0 Å². The first kappa shape index (κ1) is 15.2. The average Bonchev–Trinajstić information content (AvgIpc) is 2.45. The minimum Gasteiger partial charge on any atom is -0.395 e. The third-order valence-corrected chi connectivity index (χ3v) is 2.58. The molecular formula is C15H19NO3. The monoisotopic (exact) mass is 261 g/mol. The number of carbonyl (C=O) groups excluding carboxylic acids is 1. The van der Waals surface area contributed by atoms with Crippen molar-refractivity contribution in [3.05, 3.63) is 35.4 Å². The number of nitrogens with zero attached hydrogens (tertiary/aromatic N) is 1. The number of aliphatic hydroxyl groups excluding tert-OH is 1. The average molecular weight is 261 g/mol. The highest BCUT2D eigenvalue weighted by molar-refractivity contribution is 5.94. The first-order valence-corrected chi connectivity index (χ1v) is 6.13. The molecule has 102 valence electrons. The van der Waals surface area contributed by atoms with Gasteiger partial charge in [0.1, 0.15) is 0 Å². The second kappa shape index (κ2) is 8.30. The molecule has 0 unspecified atom stereocenters. The maximum atomic E-state index is 12.0. The van der Waals surface area contributed by atoms with Gasteiger partial charge in [0.15, 0.2) is 0 Å². The molecule has 1 aromatic carbocycles. The fourth-order valence-corrected chi connectivity index (χ4v) is 1.47. The van der Waals surface area contributed by atoms with Crippen LogP contribution in [0.25, 0.3) is 0 Å². The lowest BCUT2D eigenvalue weighted by Gasteiger charge is -2.16. The Morgan fingerprint density at radius 1 is 1.37 bits per heavy atom. The van der Waals surface area contributed by atoms with Crippen LogP contribution in [0.3, 0.4) is 0 Å². The van der Waals surface area contributed by atoms with Gasteiger partial charge in [-0.05, 0) is 24.3 Å². The minimum atomic E-state index is -0.0353. The molecule has 4 nitrogen and oxygen atoms in total. The summed E-state index contributed by atoms with van der Waals surface area (Å²) in [4.78, 5) is 13.6. The van der Waals surface area contributed by atoms with Crippen LogP contribution < -0.4 is 0 Å². The van der Waals surface area contributed by atoms with Crippen molar-refractivity contribution in [1.82, 2.24) is 4.90 Å². The summed E-state index contributed by atoms with van der Waals surface area (Å²) in [6, 6.07) is 7.13. The summed E-state index contributed by atoms with van der Waals surface area (Å²) < 4.78 is 4.94. The summed E-state index contributed by atoms with van der Waals surface area (Å²) in [5.41, 5.74) is 1.47. The number of amides is 1. The normalized spacial score (nSPS) is 9.63. The van der Waals surface area contributed by atoms with Crippen molar-refractivity contribution >= 4 is 5.91 Å². The molecule has 0 fully saturated rings. The van der Waals surface area contributed by atoms with E-state index in [9.17, 15) is 4.79 Å². The number of ether oxygens (including phenoxy) is 1. The molecular weight excluding hydrogens is 242 g/mol. The van der Waals surface area contributed by atoms with Crippen molar-refractivity contribution in [2.75, 3.05) is 33.9 Å². The van der Waals surface area contributed by atoms with Crippen LogP contribution in [-0.2, 0) is 4.74 Å². The number of hydrogen-bond donors (Lipinski definition) is 1. The third kappa shape index (κ3) is 5.12. The van der Waals surface area contributed by atoms with Crippen molar-refractivity contribution in [3.8, 4) is 11.8 Å². The Bertz CT molecular complexity index is 457. The van der Waals surface area contributed by atoms with E-state index in [-0.39, 0.29) is 12.5 Å². The Hall–Kier alpha value is -1.83. The molecule has 1 N–H and O–H groups in total. The molecule has 0 aliphatic carbocycles. The van der Waals surface area contributed by atoms with E-state index in [1.165, 1.54) is 0 Å². The highest BCUT2D eigenvalue weighted by Crippen LogP contribution is 2.06. The van der Waals surface area contributed by atoms with E-state index < -0.39 is 0 Å². The summed E-state index contributed by atoms with van der Waals surface area (Å²) in [6.45, 7) is 1.15. The van der Waals surface area contributed by atoms with Crippen molar-refractivity contribution in [1.29, 1.82) is 0 Å². The van der Waals surface area contributed by atoms with Crippen LogP contribution in [0.1, 0.15) is 22.3 Å². The van der Waals surface area contributed by atoms with E-state index in [4.69, 9.17) is 9.84 Å². The second-order valence-electron chi connectivity index (χ2n) is 4.07. The van der Waals surface area contributed by atoms with Gasteiger partial charge in [0.25, 0.3) is 5.91 Å². The molecule has 0 saturated heterocycles. The van der Waals surface area contributed by atoms with Crippen LogP contribution >= 0.6 is 0 Å².